The molecule has 3 heterocycles. The highest BCUT2D eigenvalue weighted by atomic mass is 32.2. The minimum absolute atomic E-state index is 0.208. The SMILES string of the molecule is CCOC(=O)/C(=C/c1ccncc1)c1ccc(F)cc1.CCOC(=O)c1[nH]c(CCCOCc2ccccc2)c(-c2ccncc2)c1-c1ccc(F)cc1.[C-]#[N+]C(CCCOCc1ccccc1)S(=O)(=O)c1ccc(C)cc1. The Kier molecular flexibility index (Phi) is 23.4. The smallest absolute Gasteiger partial charge is 0.355 e. The summed E-state index contributed by atoms with van der Waals surface area (Å²) < 4.78 is 73.4. The van der Waals surface area contributed by atoms with Crippen LogP contribution in [-0.2, 0) is 53.2 Å². The maximum absolute atomic E-state index is 13.7. The number of hydrogen-bond donors (Lipinski definition) is 1. The van der Waals surface area contributed by atoms with E-state index in [2.05, 4.69) is 19.8 Å². The third-order valence-electron chi connectivity index (χ3n) is 11.9. The van der Waals surface area contributed by atoms with Crippen molar-refractivity contribution in [2.75, 3.05) is 26.4 Å². The maximum atomic E-state index is 13.7. The van der Waals surface area contributed by atoms with Crippen LogP contribution in [0.25, 0.3) is 38.7 Å². The van der Waals surface area contributed by atoms with Crippen LogP contribution in [0.5, 0.6) is 0 Å². The molecule has 5 aromatic carbocycles. The van der Waals surface area contributed by atoms with E-state index in [1.54, 1.807) is 105 Å². The summed E-state index contributed by atoms with van der Waals surface area (Å²) in [5.41, 5.74) is 9.52. The van der Waals surface area contributed by atoms with Gasteiger partial charge in [-0.05, 0) is 140 Å². The normalized spacial score (nSPS) is 11.5. The molecule has 0 fully saturated rings. The van der Waals surface area contributed by atoms with Crippen molar-refractivity contribution in [2.24, 2.45) is 0 Å². The third kappa shape index (κ3) is 17.8. The van der Waals surface area contributed by atoms with E-state index in [9.17, 15) is 26.8 Å². The number of pyridine rings is 2. The van der Waals surface area contributed by atoms with Crippen molar-refractivity contribution in [1.82, 2.24) is 15.0 Å². The number of esters is 2. The molecule has 3 aromatic heterocycles. The molecule has 0 aliphatic heterocycles. The predicted octanol–water partition coefficient (Wildman–Crippen LogP) is 13.5. The lowest BCUT2D eigenvalue weighted by atomic mass is 9.94. The van der Waals surface area contributed by atoms with Gasteiger partial charge < -0.3 is 23.9 Å². The molecular formula is C63H62F2N4O8S. The topological polar surface area (TPSA) is 151 Å². The number of ether oxygens (including phenoxy) is 4. The molecule has 0 radical (unpaired) electrons. The third-order valence-corrected chi connectivity index (χ3v) is 13.8. The molecule has 0 amide bonds. The summed E-state index contributed by atoms with van der Waals surface area (Å²) in [5, 5.41) is -1.06. The number of nitrogens with zero attached hydrogens (tertiary/aromatic N) is 3. The number of hydrogen-bond acceptors (Lipinski definition) is 10. The summed E-state index contributed by atoms with van der Waals surface area (Å²) >= 11 is 0. The Balaban J connectivity index is 0.000000198. The largest absolute Gasteiger partial charge is 0.462 e. The molecule has 0 aliphatic carbocycles. The van der Waals surface area contributed by atoms with Gasteiger partial charge in [-0.25, -0.2) is 33.4 Å². The van der Waals surface area contributed by atoms with E-state index in [4.69, 9.17) is 25.5 Å². The Bertz CT molecular complexity index is 3280. The fraction of sp³-hybridized carbons (Fsp3) is 0.222. The van der Waals surface area contributed by atoms with Crippen LogP contribution < -0.4 is 0 Å². The maximum Gasteiger partial charge on any atom is 0.355 e. The second-order valence-corrected chi connectivity index (χ2v) is 19.6. The molecule has 8 aromatic rings. The van der Waals surface area contributed by atoms with Gasteiger partial charge in [0.2, 0.25) is 0 Å². The Morgan fingerprint density at radius 2 is 1.18 bits per heavy atom. The van der Waals surface area contributed by atoms with Gasteiger partial charge in [-0.3, -0.25) is 14.8 Å². The lowest BCUT2D eigenvalue weighted by Crippen LogP contribution is -2.18. The van der Waals surface area contributed by atoms with Crippen molar-refractivity contribution in [1.29, 1.82) is 0 Å². The highest BCUT2D eigenvalue weighted by Gasteiger charge is 2.32. The molecule has 0 spiro atoms. The van der Waals surface area contributed by atoms with Crippen LogP contribution in [0.4, 0.5) is 8.78 Å². The number of carbonyl (C=O) groups excluding carboxylic acids is 2. The first-order chi connectivity index (χ1) is 37.9. The van der Waals surface area contributed by atoms with Gasteiger partial charge in [0.1, 0.15) is 17.3 Å². The molecule has 0 saturated carbocycles. The Morgan fingerprint density at radius 3 is 1.73 bits per heavy atom. The lowest BCUT2D eigenvalue weighted by molar-refractivity contribution is -0.136. The molecule has 0 aliphatic rings. The first-order valence-corrected chi connectivity index (χ1v) is 27.0. The lowest BCUT2D eigenvalue weighted by Gasteiger charge is -2.10. The van der Waals surface area contributed by atoms with E-state index in [0.717, 1.165) is 51.1 Å². The van der Waals surface area contributed by atoms with Crippen LogP contribution in [0.2, 0.25) is 0 Å². The van der Waals surface area contributed by atoms with Crippen molar-refractivity contribution in [3.63, 3.8) is 0 Å². The van der Waals surface area contributed by atoms with E-state index in [0.29, 0.717) is 61.7 Å². The first-order valence-electron chi connectivity index (χ1n) is 25.4. The van der Waals surface area contributed by atoms with Gasteiger partial charge in [0.05, 0.1) is 36.9 Å². The van der Waals surface area contributed by atoms with E-state index in [1.807, 2.05) is 79.7 Å². The minimum atomic E-state index is -3.62. The van der Waals surface area contributed by atoms with Gasteiger partial charge in [0.25, 0.3) is 9.84 Å². The molecular weight excluding hydrogens is 1010 g/mol. The second kappa shape index (κ2) is 31.0. The quantitative estimate of drug-likeness (QED) is 0.0301. The number of aryl methyl sites for hydroxylation is 2. The first kappa shape index (κ1) is 58.8. The Hall–Kier alpha value is -8.42. The average molecular weight is 1070 g/mol. The monoisotopic (exact) mass is 1070 g/mol. The van der Waals surface area contributed by atoms with E-state index < -0.39 is 27.1 Å². The van der Waals surface area contributed by atoms with Crippen LogP contribution in [-0.4, -0.2) is 67.1 Å². The number of aromatic nitrogens is 3. The molecule has 402 valence electrons. The zero-order chi connectivity index (χ0) is 55.5. The summed E-state index contributed by atoms with van der Waals surface area (Å²) in [5.74, 6) is -1.56. The van der Waals surface area contributed by atoms with Gasteiger partial charge in [0.15, 0.2) is 0 Å². The number of carbonyl (C=O) groups is 2. The zero-order valence-corrected chi connectivity index (χ0v) is 44.6. The van der Waals surface area contributed by atoms with Crippen molar-refractivity contribution in [3.8, 4) is 22.3 Å². The van der Waals surface area contributed by atoms with Gasteiger partial charge in [-0.15, -0.1) is 0 Å². The second-order valence-electron chi connectivity index (χ2n) is 17.5. The van der Waals surface area contributed by atoms with Crippen LogP contribution in [0, 0.1) is 25.1 Å². The summed E-state index contributed by atoms with van der Waals surface area (Å²) in [4.78, 5) is 39.8. The van der Waals surface area contributed by atoms with E-state index in [1.165, 1.54) is 24.3 Å². The van der Waals surface area contributed by atoms with E-state index >= 15 is 0 Å². The van der Waals surface area contributed by atoms with Crippen LogP contribution in [0.3, 0.4) is 0 Å². The highest BCUT2D eigenvalue weighted by molar-refractivity contribution is 7.92. The number of benzene rings is 5. The number of nitrogens with one attached hydrogen (secondary N) is 1. The summed E-state index contributed by atoms with van der Waals surface area (Å²) in [6, 6.07) is 45.7. The van der Waals surface area contributed by atoms with Gasteiger partial charge >= 0.3 is 17.3 Å². The average Bonchev–Trinajstić information content (AvgIpc) is 3.85. The highest BCUT2D eigenvalue weighted by Crippen LogP contribution is 2.39. The predicted molar refractivity (Wildman–Crippen MR) is 299 cm³/mol. The molecule has 15 heteroatoms. The van der Waals surface area contributed by atoms with Crippen molar-refractivity contribution in [2.45, 2.75) is 69.9 Å². The number of H-pyrrole nitrogens is 1. The van der Waals surface area contributed by atoms with Crippen molar-refractivity contribution in [3.05, 3.63) is 245 Å². The fourth-order valence-electron chi connectivity index (χ4n) is 7.98. The van der Waals surface area contributed by atoms with Gasteiger partial charge in [0, 0.05) is 61.2 Å². The van der Waals surface area contributed by atoms with Gasteiger partial charge in [-0.2, -0.15) is 0 Å². The van der Waals surface area contributed by atoms with Crippen LogP contribution in [0.1, 0.15) is 77.1 Å². The summed E-state index contributed by atoms with van der Waals surface area (Å²) in [6.07, 6.45) is 10.6. The van der Waals surface area contributed by atoms with Gasteiger partial charge in [-0.1, -0.05) is 103 Å². The summed E-state index contributed by atoms with van der Waals surface area (Å²) in [7, 11) is -3.62. The summed E-state index contributed by atoms with van der Waals surface area (Å²) in [6.45, 7) is 15.2. The molecule has 78 heavy (non-hydrogen) atoms. The van der Waals surface area contributed by atoms with E-state index in [-0.39, 0.29) is 36.2 Å². The molecule has 1 unspecified atom stereocenters. The molecule has 1 N–H and O–H groups in total. The standard InChI is InChI=1S/C28H27FN2O3.C19H21NO3S.C16H14FNO2/c1-2-34-28(32)27-26(21-10-12-23(29)13-11-21)25(22-14-16-30-17-15-22)24(31-27)9-6-18-33-19-20-7-4-3-5-8-20;1-16-10-12-18(13-11-16)24(21,22)19(20-2)9-6-14-23-15-17-7-4-3-5-8-17;1-2-20-16(19)15(11-12-7-9-18-10-8-12)13-3-5-14(17)6-4-13/h3-5,7-8,10-17,31H,2,6,9,18-19H2,1H3;3-5,7-8,10-13,19H,6,9,14-15H2,1H3;3-11H,2H2,1H3/b;;15-11+. The van der Waals surface area contributed by atoms with Crippen LogP contribution >= 0.6 is 0 Å². The van der Waals surface area contributed by atoms with Crippen molar-refractivity contribution >= 4 is 33.4 Å². The fourth-order valence-corrected chi connectivity index (χ4v) is 9.42. The molecule has 0 saturated heterocycles. The number of aromatic amines is 1. The number of halogens is 2. The van der Waals surface area contributed by atoms with Crippen LogP contribution in [0.15, 0.2) is 187 Å². The molecule has 0 bridgehead atoms. The molecule has 12 nitrogen and oxygen atoms in total. The molecule has 1 atom stereocenters. The minimum Gasteiger partial charge on any atom is -0.462 e. The zero-order valence-electron chi connectivity index (χ0n) is 43.8. The Morgan fingerprint density at radius 1 is 0.654 bits per heavy atom. The Labute approximate surface area is 455 Å². The number of rotatable bonds is 22. The molecule has 8 rings (SSSR count). The number of sulfone groups is 1. The van der Waals surface area contributed by atoms with Crippen molar-refractivity contribution < 1.29 is 45.7 Å².